The standard InChI is InChI=1S/C18H19N3O3S/c1-3-24-13-6-4-12(5-7-13)19-17(22)11-25-18-20-15-9-8-14(23-2)10-16(15)21-18/h4-10H,3,11H2,1-2H3,(H,19,22)(H,20,21). The molecule has 3 rings (SSSR count). The van der Waals surface area contributed by atoms with Crippen LogP contribution in [0.4, 0.5) is 5.69 Å². The molecule has 0 bridgehead atoms. The Morgan fingerprint density at radius 2 is 1.96 bits per heavy atom. The van der Waals surface area contributed by atoms with Gasteiger partial charge in [-0.2, -0.15) is 0 Å². The highest BCUT2D eigenvalue weighted by molar-refractivity contribution is 7.99. The number of H-pyrrole nitrogens is 1. The number of imidazole rings is 1. The summed E-state index contributed by atoms with van der Waals surface area (Å²) in [7, 11) is 1.62. The van der Waals surface area contributed by atoms with E-state index in [-0.39, 0.29) is 11.7 Å². The molecule has 25 heavy (non-hydrogen) atoms. The summed E-state index contributed by atoms with van der Waals surface area (Å²) in [6, 6.07) is 12.9. The number of aromatic amines is 1. The molecular formula is C18H19N3O3S. The lowest BCUT2D eigenvalue weighted by Crippen LogP contribution is -2.14. The van der Waals surface area contributed by atoms with Crippen molar-refractivity contribution in [2.75, 3.05) is 24.8 Å². The molecule has 1 amide bonds. The first kappa shape index (κ1) is 17.2. The molecule has 0 saturated heterocycles. The van der Waals surface area contributed by atoms with Crippen molar-refractivity contribution >= 4 is 34.4 Å². The van der Waals surface area contributed by atoms with Crippen LogP contribution in [0.3, 0.4) is 0 Å². The lowest BCUT2D eigenvalue weighted by Gasteiger charge is -2.06. The van der Waals surface area contributed by atoms with Crippen molar-refractivity contribution < 1.29 is 14.3 Å². The van der Waals surface area contributed by atoms with Crippen LogP contribution in [-0.4, -0.2) is 35.3 Å². The number of nitrogens with one attached hydrogen (secondary N) is 2. The zero-order chi connectivity index (χ0) is 17.6. The first-order valence-corrected chi connectivity index (χ1v) is 8.85. The zero-order valence-corrected chi connectivity index (χ0v) is 14.9. The maximum absolute atomic E-state index is 12.1. The fourth-order valence-electron chi connectivity index (χ4n) is 2.29. The van der Waals surface area contributed by atoms with Gasteiger partial charge in [-0.05, 0) is 43.3 Å². The number of methoxy groups -OCH3 is 1. The highest BCUT2D eigenvalue weighted by Crippen LogP contribution is 2.23. The van der Waals surface area contributed by atoms with Gasteiger partial charge in [-0.3, -0.25) is 4.79 Å². The number of ether oxygens (including phenoxy) is 2. The van der Waals surface area contributed by atoms with Gasteiger partial charge in [0.1, 0.15) is 11.5 Å². The monoisotopic (exact) mass is 357 g/mol. The van der Waals surface area contributed by atoms with E-state index in [9.17, 15) is 4.79 Å². The minimum Gasteiger partial charge on any atom is -0.497 e. The maximum Gasteiger partial charge on any atom is 0.234 e. The number of rotatable bonds is 7. The van der Waals surface area contributed by atoms with Crippen molar-refractivity contribution in [2.45, 2.75) is 12.1 Å². The topological polar surface area (TPSA) is 76.2 Å². The first-order valence-electron chi connectivity index (χ1n) is 7.87. The minimum atomic E-state index is -0.0906. The van der Waals surface area contributed by atoms with Gasteiger partial charge < -0.3 is 19.8 Å². The van der Waals surface area contributed by atoms with Gasteiger partial charge in [-0.1, -0.05) is 11.8 Å². The molecule has 0 atom stereocenters. The first-order chi connectivity index (χ1) is 12.2. The molecule has 0 saturated carbocycles. The molecule has 2 N–H and O–H groups in total. The van der Waals surface area contributed by atoms with Crippen LogP contribution in [0.1, 0.15) is 6.92 Å². The Morgan fingerprint density at radius 1 is 1.20 bits per heavy atom. The lowest BCUT2D eigenvalue weighted by molar-refractivity contribution is -0.113. The van der Waals surface area contributed by atoms with Crippen LogP contribution in [0.25, 0.3) is 11.0 Å². The highest BCUT2D eigenvalue weighted by Gasteiger charge is 2.08. The third-order valence-corrected chi connectivity index (χ3v) is 4.33. The number of carbonyl (C=O) groups excluding carboxylic acids is 1. The van der Waals surface area contributed by atoms with E-state index in [1.54, 1.807) is 7.11 Å². The normalized spacial score (nSPS) is 10.6. The van der Waals surface area contributed by atoms with Crippen molar-refractivity contribution in [2.24, 2.45) is 0 Å². The van der Waals surface area contributed by atoms with E-state index < -0.39 is 0 Å². The third-order valence-electron chi connectivity index (χ3n) is 3.46. The summed E-state index contributed by atoms with van der Waals surface area (Å²) >= 11 is 1.35. The van der Waals surface area contributed by atoms with E-state index in [0.29, 0.717) is 11.8 Å². The summed E-state index contributed by atoms with van der Waals surface area (Å²) < 4.78 is 10.6. The Balaban J connectivity index is 1.56. The molecule has 0 aliphatic heterocycles. The Bertz CT molecular complexity index is 862. The molecule has 0 unspecified atom stereocenters. The summed E-state index contributed by atoms with van der Waals surface area (Å²) in [5.74, 6) is 1.73. The van der Waals surface area contributed by atoms with Crippen LogP contribution >= 0.6 is 11.8 Å². The average molecular weight is 357 g/mol. The van der Waals surface area contributed by atoms with Crippen LogP contribution < -0.4 is 14.8 Å². The van der Waals surface area contributed by atoms with Gasteiger partial charge in [-0.15, -0.1) is 0 Å². The SMILES string of the molecule is CCOc1ccc(NC(=O)CSc2nc3ccc(OC)cc3[nH]2)cc1. The molecule has 0 radical (unpaired) electrons. The number of benzene rings is 2. The van der Waals surface area contributed by atoms with E-state index in [4.69, 9.17) is 9.47 Å². The van der Waals surface area contributed by atoms with Gasteiger partial charge in [0.05, 0.1) is 30.5 Å². The fourth-order valence-corrected chi connectivity index (χ4v) is 2.98. The Labute approximate surface area is 149 Å². The largest absolute Gasteiger partial charge is 0.497 e. The molecule has 0 fully saturated rings. The van der Waals surface area contributed by atoms with E-state index in [0.717, 1.165) is 28.2 Å². The lowest BCUT2D eigenvalue weighted by atomic mass is 10.3. The molecule has 3 aromatic rings. The van der Waals surface area contributed by atoms with Gasteiger partial charge in [0.25, 0.3) is 0 Å². The van der Waals surface area contributed by atoms with Crippen molar-refractivity contribution in [3.05, 3.63) is 42.5 Å². The van der Waals surface area contributed by atoms with Gasteiger partial charge in [0.15, 0.2) is 5.16 Å². The summed E-state index contributed by atoms with van der Waals surface area (Å²) in [4.78, 5) is 19.7. The number of hydrogen-bond donors (Lipinski definition) is 2. The van der Waals surface area contributed by atoms with Gasteiger partial charge >= 0.3 is 0 Å². The number of fused-ring (bicyclic) bond motifs is 1. The highest BCUT2D eigenvalue weighted by atomic mass is 32.2. The van der Waals surface area contributed by atoms with Gasteiger partial charge in [0, 0.05) is 11.8 Å². The number of aromatic nitrogens is 2. The van der Waals surface area contributed by atoms with Crippen molar-refractivity contribution in [3.63, 3.8) is 0 Å². The third kappa shape index (κ3) is 4.45. The second-order valence-corrected chi connectivity index (χ2v) is 6.18. The van der Waals surface area contributed by atoms with Crippen LogP contribution in [0.2, 0.25) is 0 Å². The number of nitrogens with zero attached hydrogens (tertiary/aromatic N) is 1. The number of carbonyl (C=O) groups is 1. The fraction of sp³-hybridized carbons (Fsp3) is 0.222. The predicted molar refractivity (Wildman–Crippen MR) is 99.6 cm³/mol. The van der Waals surface area contributed by atoms with Crippen LogP contribution in [0.15, 0.2) is 47.6 Å². The van der Waals surface area contributed by atoms with Crippen LogP contribution in [-0.2, 0) is 4.79 Å². The molecule has 2 aromatic carbocycles. The Morgan fingerprint density at radius 3 is 2.68 bits per heavy atom. The molecular weight excluding hydrogens is 338 g/mol. The molecule has 0 aliphatic rings. The summed E-state index contributed by atoms with van der Waals surface area (Å²) in [6.45, 7) is 2.55. The predicted octanol–water partition coefficient (Wildman–Crippen LogP) is 3.70. The summed E-state index contributed by atoms with van der Waals surface area (Å²) in [5, 5.41) is 3.56. The Kier molecular flexibility index (Phi) is 5.45. The van der Waals surface area contributed by atoms with E-state index in [2.05, 4.69) is 15.3 Å². The summed E-state index contributed by atoms with van der Waals surface area (Å²) in [6.07, 6.45) is 0. The number of anilines is 1. The van der Waals surface area contributed by atoms with Gasteiger partial charge in [-0.25, -0.2) is 4.98 Å². The Hall–Kier alpha value is -2.67. The molecule has 7 heteroatoms. The molecule has 6 nitrogen and oxygen atoms in total. The smallest absolute Gasteiger partial charge is 0.234 e. The average Bonchev–Trinajstić information content (AvgIpc) is 3.04. The molecule has 1 aromatic heterocycles. The van der Waals surface area contributed by atoms with Crippen molar-refractivity contribution in [1.82, 2.24) is 9.97 Å². The van der Waals surface area contributed by atoms with Crippen molar-refractivity contribution in [1.29, 1.82) is 0 Å². The molecule has 0 aliphatic carbocycles. The number of thioether (sulfide) groups is 1. The number of amides is 1. The van der Waals surface area contributed by atoms with Gasteiger partial charge in [0.2, 0.25) is 5.91 Å². The summed E-state index contributed by atoms with van der Waals surface area (Å²) in [5.41, 5.74) is 2.47. The maximum atomic E-state index is 12.1. The molecule has 130 valence electrons. The number of hydrogen-bond acceptors (Lipinski definition) is 5. The second-order valence-electron chi connectivity index (χ2n) is 5.22. The van der Waals surface area contributed by atoms with E-state index >= 15 is 0 Å². The quantitative estimate of drug-likeness (QED) is 0.631. The minimum absolute atomic E-state index is 0.0906. The molecule has 1 heterocycles. The second kappa shape index (κ2) is 7.94. The molecule has 0 spiro atoms. The van der Waals surface area contributed by atoms with E-state index in [1.165, 1.54) is 11.8 Å². The van der Waals surface area contributed by atoms with Crippen molar-refractivity contribution in [3.8, 4) is 11.5 Å². The zero-order valence-electron chi connectivity index (χ0n) is 14.0. The van der Waals surface area contributed by atoms with Crippen LogP contribution in [0, 0.1) is 0 Å². The van der Waals surface area contributed by atoms with Crippen LogP contribution in [0.5, 0.6) is 11.5 Å². The van der Waals surface area contributed by atoms with E-state index in [1.807, 2.05) is 49.4 Å².